The quantitative estimate of drug-likeness (QED) is 0.501. The van der Waals surface area contributed by atoms with Gasteiger partial charge in [-0.15, -0.1) is 0 Å². The topological polar surface area (TPSA) is 17.1 Å². The van der Waals surface area contributed by atoms with Gasteiger partial charge in [0.15, 0.2) is 0 Å². The van der Waals surface area contributed by atoms with Gasteiger partial charge in [-0.3, -0.25) is 0 Å². The molecule has 13 heavy (non-hydrogen) atoms. The summed E-state index contributed by atoms with van der Waals surface area (Å²) in [4.78, 5) is 0. The molecule has 0 spiro atoms. The zero-order chi connectivity index (χ0) is 7.68. The van der Waals surface area contributed by atoms with Crippen molar-refractivity contribution in [1.29, 1.82) is 0 Å². The second-order valence-electron chi connectivity index (χ2n) is 2.54. The van der Waals surface area contributed by atoms with Crippen LogP contribution >= 0.6 is 0 Å². The Bertz CT molecular complexity index is 325. The molecule has 0 amide bonds. The van der Waals surface area contributed by atoms with Crippen LogP contribution in [0.4, 0.5) is 0 Å². The standard InChI is InChI=1S/C9H7.2ClH.O.V/c1-2-5-9-7-3-6-8(9)4-1;;;;/h1-7H;2*1H;;/q;;;;+2/p-2. The van der Waals surface area contributed by atoms with Gasteiger partial charge >= 0.3 is 72.1 Å². The average molecular weight is 253 g/mol. The number of hydrogen-bond donors (Lipinski definition) is 0. The van der Waals surface area contributed by atoms with Crippen LogP contribution in [0.25, 0.3) is 6.08 Å². The SMILES string of the molecule is [Cl-].[Cl-].[O]=[V+2][CH]1C=Cc2ccccc21. The van der Waals surface area contributed by atoms with Crippen molar-refractivity contribution in [2.45, 2.75) is 4.63 Å². The first kappa shape index (κ1) is 12.9. The molecule has 0 saturated heterocycles. The van der Waals surface area contributed by atoms with E-state index >= 15 is 0 Å². The molecule has 1 aliphatic carbocycles. The van der Waals surface area contributed by atoms with E-state index in [-0.39, 0.29) is 29.4 Å². The molecule has 1 aromatic carbocycles. The van der Waals surface area contributed by atoms with E-state index in [0.29, 0.717) is 0 Å². The van der Waals surface area contributed by atoms with Crippen molar-refractivity contribution in [2.75, 3.05) is 0 Å². The summed E-state index contributed by atoms with van der Waals surface area (Å²) in [5.41, 5.74) is 2.45. The average Bonchev–Trinajstić information content (AvgIpc) is 2.47. The fourth-order valence-corrected chi connectivity index (χ4v) is 2.11. The van der Waals surface area contributed by atoms with E-state index in [0.717, 1.165) is 0 Å². The predicted octanol–water partition coefficient (Wildman–Crippen LogP) is -3.81. The summed E-state index contributed by atoms with van der Waals surface area (Å²) in [6.07, 6.45) is 4.07. The summed E-state index contributed by atoms with van der Waals surface area (Å²) in [6.45, 7) is 0. The van der Waals surface area contributed by atoms with Crippen LogP contribution in [0.5, 0.6) is 0 Å². The Labute approximate surface area is 96.7 Å². The van der Waals surface area contributed by atoms with E-state index in [1.807, 2.05) is 30.4 Å². The third-order valence-corrected chi connectivity index (χ3v) is 2.94. The van der Waals surface area contributed by atoms with E-state index in [1.54, 1.807) is 0 Å². The zero-order valence-corrected chi connectivity index (χ0v) is 9.56. The molecule has 4 heteroatoms. The van der Waals surface area contributed by atoms with Crippen molar-refractivity contribution in [2.24, 2.45) is 0 Å². The van der Waals surface area contributed by atoms with Gasteiger partial charge in [0.25, 0.3) is 0 Å². The molecule has 1 atom stereocenters. The predicted molar refractivity (Wildman–Crippen MR) is 38.9 cm³/mol. The van der Waals surface area contributed by atoms with Crippen LogP contribution in [0, 0.1) is 0 Å². The van der Waals surface area contributed by atoms with Gasteiger partial charge in [-0.2, -0.15) is 0 Å². The van der Waals surface area contributed by atoms with E-state index in [2.05, 4.69) is 6.07 Å². The van der Waals surface area contributed by atoms with Gasteiger partial charge in [-0.05, 0) is 0 Å². The molecule has 0 saturated carbocycles. The monoisotopic (exact) mass is 252 g/mol. The fourth-order valence-electron chi connectivity index (χ4n) is 1.32. The summed E-state index contributed by atoms with van der Waals surface area (Å²) >= 11 is -0.791. The van der Waals surface area contributed by atoms with E-state index in [4.69, 9.17) is 0 Å². The number of hydrogen-bond acceptors (Lipinski definition) is 1. The molecule has 1 nitrogen and oxygen atoms in total. The van der Waals surface area contributed by atoms with Gasteiger partial charge in [0.2, 0.25) is 0 Å². The number of halogens is 2. The molecule has 0 heterocycles. The summed E-state index contributed by atoms with van der Waals surface area (Å²) in [5, 5.41) is 0. The third-order valence-electron chi connectivity index (χ3n) is 1.89. The molecule has 0 aliphatic heterocycles. The number of benzene rings is 1. The van der Waals surface area contributed by atoms with Gasteiger partial charge in [-0.1, -0.05) is 0 Å². The molecule has 2 rings (SSSR count). The molecule has 1 aromatic rings. The van der Waals surface area contributed by atoms with Gasteiger partial charge in [-0.25, -0.2) is 0 Å². The normalized spacial score (nSPS) is 16.5. The minimum atomic E-state index is -0.791. The van der Waals surface area contributed by atoms with Crippen LogP contribution in [0.3, 0.4) is 0 Å². The van der Waals surface area contributed by atoms with Crippen molar-refractivity contribution in [3.05, 3.63) is 41.5 Å². The molecule has 1 unspecified atom stereocenters. The number of fused-ring (bicyclic) bond motifs is 1. The van der Waals surface area contributed by atoms with E-state index < -0.39 is 16.2 Å². The molecular weight excluding hydrogens is 246 g/mol. The minimum absolute atomic E-state index is 0. The van der Waals surface area contributed by atoms with E-state index in [1.165, 1.54) is 11.1 Å². The Kier molecular flexibility index (Phi) is 5.58. The van der Waals surface area contributed by atoms with Crippen molar-refractivity contribution < 1.29 is 44.7 Å². The Morgan fingerprint density at radius 3 is 2.54 bits per heavy atom. The van der Waals surface area contributed by atoms with Crippen LogP contribution < -0.4 is 24.8 Å². The fraction of sp³-hybridized carbons (Fsp3) is 0.111. The number of allylic oxidation sites excluding steroid dienone is 1. The van der Waals surface area contributed by atoms with Crippen LogP contribution in [0.1, 0.15) is 15.8 Å². The molecular formula is C9H7Cl2OV. The van der Waals surface area contributed by atoms with Crippen LogP contribution in [0.2, 0.25) is 0 Å². The number of rotatable bonds is 1. The third kappa shape index (κ3) is 2.44. The Balaban J connectivity index is 0.000000720. The van der Waals surface area contributed by atoms with Crippen LogP contribution in [-0.2, 0) is 19.9 Å². The molecule has 0 aromatic heterocycles. The van der Waals surface area contributed by atoms with Crippen LogP contribution in [0.15, 0.2) is 30.3 Å². The zero-order valence-electron chi connectivity index (χ0n) is 6.65. The van der Waals surface area contributed by atoms with Crippen LogP contribution in [-0.4, -0.2) is 0 Å². The maximum absolute atomic E-state index is 10.7. The van der Waals surface area contributed by atoms with Gasteiger partial charge in [0.05, 0.1) is 0 Å². The molecule has 0 N–H and O–H groups in total. The van der Waals surface area contributed by atoms with Gasteiger partial charge in [0.1, 0.15) is 0 Å². The maximum atomic E-state index is 10.7. The first-order valence-corrected chi connectivity index (χ1v) is 4.89. The first-order valence-electron chi connectivity index (χ1n) is 3.51. The van der Waals surface area contributed by atoms with Crippen molar-refractivity contribution in [3.63, 3.8) is 0 Å². The second-order valence-corrected chi connectivity index (χ2v) is 3.74. The first-order chi connectivity index (χ1) is 5.42. The van der Waals surface area contributed by atoms with Crippen molar-refractivity contribution in [3.8, 4) is 0 Å². The summed E-state index contributed by atoms with van der Waals surface area (Å²) < 4.78 is 10.9. The molecule has 1 aliphatic rings. The summed E-state index contributed by atoms with van der Waals surface area (Å²) in [5.74, 6) is 0. The Morgan fingerprint density at radius 2 is 1.85 bits per heavy atom. The van der Waals surface area contributed by atoms with Crippen molar-refractivity contribution >= 4 is 6.08 Å². The summed E-state index contributed by atoms with van der Waals surface area (Å²) in [7, 11) is 0. The van der Waals surface area contributed by atoms with Gasteiger partial charge in [0, 0.05) is 0 Å². The van der Waals surface area contributed by atoms with E-state index in [9.17, 15) is 3.67 Å². The summed E-state index contributed by atoms with van der Waals surface area (Å²) in [6, 6.07) is 8.11. The molecule has 0 fully saturated rings. The van der Waals surface area contributed by atoms with Gasteiger partial charge < -0.3 is 24.8 Å². The molecule has 0 bridgehead atoms. The Morgan fingerprint density at radius 1 is 1.15 bits per heavy atom. The second kappa shape index (κ2) is 5.61. The molecule has 68 valence electrons. The van der Waals surface area contributed by atoms with Crippen molar-refractivity contribution in [1.82, 2.24) is 0 Å². The Hall–Kier alpha value is -0.0756. The molecule has 0 radical (unpaired) electrons.